The van der Waals surface area contributed by atoms with Crippen LogP contribution < -0.4 is 10.9 Å². The Kier molecular flexibility index (Phi) is 4.56. The molecule has 0 bridgehead atoms. The minimum atomic E-state index is -0.438. The summed E-state index contributed by atoms with van der Waals surface area (Å²) in [7, 11) is 0. The number of hydrogen-bond donors (Lipinski definition) is 1. The molecule has 1 aromatic heterocycles. The number of nitrogens with zero attached hydrogens (tertiary/aromatic N) is 1. The molecule has 0 aliphatic rings. The number of hydrogen-bond acceptors (Lipinski definition) is 3. The summed E-state index contributed by atoms with van der Waals surface area (Å²) in [6, 6.07) is 10.5. The minimum absolute atomic E-state index is 0.0914. The molecule has 0 aliphatic heterocycles. The van der Waals surface area contributed by atoms with E-state index in [0.29, 0.717) is 11.4 Å². The van der Waals surface area contributed by atoms with Crippen LogP contribution in [0.1, 0.15) is 28.5 Å². The predicted octanol–water partition coefficient (Wildman–Crippen LogP) is 2.31. The first-order chi connectivity index (χ1) is 10.4. The molecule has 1 aromatic carbocycles. The minimum Gasteiger partial charge on any atom is -0.325 e. The zero-order chi connectivity index (χ0) is 16.3. The van der Waals surface area contributed by atoms with E-state index in [0.717, 1.165) is 5.56 Å². The second-order valence-corrected chi connectivity index (χ2v) is 5.25. The van der Waals surface area contributed by atoms with Gasteiger partial charge in [-0.1, -0.05) is 17.7 Å². The van der Waals surface area contributed by atoms with Crippen molar-refractivity contribution < 1.29 is 9.59 Å². The number of aryl methyl sites for hydroxylation is 2. The summed E-state index contributed by atoms with van der Waals surface area (Å²) in [6.45, 7) is 4.90. The summed E-state index contributed by atoms with van der Waals surface area (Å²) < 4.78 is 1.31. The van der Waals surface area contributed by atoms with E-state index in [1.807, 2.05) is 19.1 Å². The molecule has 0 radical (unpaired) electrons. The van der Waals surface area contributed by atoms with Crippen LogP contribution in [0.25, 0.3) is 0 Å². The Morgan fingerprint density at radius 3 is 2.27 bits per heavy atom. The predicted molar refractivity (Wildman–Crippen MR) is 85.3 cm³/mol. The molecule has 5 nitrogen and oxygen atoms in total. The average Bonchev–Trinajstić information content (AvgIpc) is 2.45. The van der Waals surface area contributed by atoms with E-state index in [1.54, 1.807) is 25.1 Å². The van der Waals surface area contributed by atoms with Crippen molar-refractivity contribution in [3.63, 3.8) is 0 Å². The smallest absolute Gasteiger partial charge is 0.262 e. The van der Waals surface area contributed by atoms with Gasteiger partial charge in [0.25, 0.3) is 5.56 Å². The lowest BCUT2D eigenvalue weighted by Crippen LogP contribution is -2.32. The SMILES string of the molecule is CC(=O)c1ccc(C)n(CC(=O)Nc2ccc(C)cc2)c1=O. The van der Waals surface area contributed by atoms with Crippen molar-refractivity contribution >= 4 is 17.4 Å². The van der Waals surface area contributed by atoms with Crippen LogP contribution in [0.2, 0.25) is 0 Å². The zero-order valence-corrected chi connectivity index (χ0v) is 12.8. The van der Waals surface area contributed by atoms with E-state index in [1.165, 1.54) is 17.6 Å². The molecule has 0 saturated heterocycles. The molecule has 0 spiro atoms. The number of ketones is 1. The summed E-state index contributed by atoms with van der Waals surface area (Å²) in [6.07, 6.45) is 0. The van der Waals surface area contributed by atoms with E-state index in [2.05, 4.69) is 5.32 Å². The molecule has 22 heavy (non-hydrogen) atoms. The molecule has 0 saturated carbocycles. The van der Waals surface area contributed by atoms with E-state index in [9.17, 15) is 14.4 Å². The fourth-order valence-corrected chi connectivity index (χ4v) is 2.12. The maximum absolute atomic E-state index is 12.2. The lowest BCUT2D eigenvalue weighted by molar-refractivity contribution is -0.116. The van der Waals surface area contributed by atoms with Gasteiger partial charge in [0.15, 0.2) is 5.78 Å². The van der Waals surface area contributed by atoms with Crippen molar-refractivity contribution in [2.45, 2.75) is 27.3 Å². The van der Waals surface area contributed by atoms with E-state index in [4.69, 9.17) is 0 Å². The number of amides is 1. The van der Waals surface area contributed by atoms with Crippen molar-refractivity contribution in [1.82, 2.24) is 4.57 Å². The standard InChI is InChI=1S/C17H18N2O3/c1-11-4-7-14(8-5-11)18-16(21)10-19-12(2)6-9-15(13(3)20)17(19)22/h4-9H,10H2,1-3H3,(H,18,21). The Bertz CT molecular complexity index is 773. The third-order valence-corrected chi connectivity index (χ3v) is 3.41. The number of Topliss-reactive ketones (excluding diaryl/α,β-unsaturated/α-hetero) is 1. The molecule has 2 aromatic rings. The van der Waals surface area contributed by atoms with Gasteiger partial charge >= 0.3 is 0 Å². The van der Waals surface area contributed by atoms with Crippen LogP contribution in [0.15, 0.2) is 41.2 Å². The van der Waals surface area contributed by atoms with Gasteiger partial charge in [-0.3, -0.25) is 14.4 Å². The Labute approximate surface area is 128 Å². The molecule has 1 N–H and O–H groups in total. The second kappa shape index (κ2) is 6.39. The number of carbonyl (C=O) groups excluding carboxylic acids is 2. The van der Waals surface area contributed by atoms with Crippen LogP contribution in [-0.4, -0.2) is 16.3 Å². The molecular formula is C17H18N2O3. The molecule has 0 atom stereocenters. The Hall–Kier alpha value is -2.69. The van der Waals surface area contributed by atoms with Gasteiger partial charge in [-0.15, -0.1) is 0 Å². The van der Waals surface area contributed by atoms with E-state index in [-0.39, 0.29) is 23.8 Å². The van der Waals surface area contributed by atoms with Gasteiger partial charge in [-0.2, -0.15) is 0 Å². The first-order valence-electron chi connectivity index (χ1n) is 6.96. The van der Waals surface area contributed by atoms with Crippen LogP contribution in [0, 0.1) is 13.8 Å². The van der Waals surface area contributed by atoms with Crippen LogP contribution in [0.4, 0.5) is 5.69 Å². The zero-order valence-electron chi connectivity index (χ0n) is 12.8. The van der Waals surface area contributed by atoms with Crippen LogP contribution in [0.5, 0.6) is 0 Å². The molecule has 114 valence electrons. The lowest BCUT2D eigenvalue weighted by Gasteiger charge is -2.11. The van der Waals surface area contributed by atoms with Crippen LogP contribution in [0.3, 0.4) is 0 Å². The Morgan fingerprint density at radius 1 is 1.05 bits per heavy atom. The molecule has 5 heteroatoms. The van der Waals surface area contributed by atoms with Gasteiger partial charge in [-0.25, -0.2) is 0 Å². The highest BCUT2D eigenvalue weighted by Gasteiger charge is 2.12. The quantitative estimate of drug-likeness (QED) is 0.881. The summed E-state index contributed by atoms with van der Waals surface area (Å²) >= 11 is 0. The number of pyridine rings is 1. The van der Waals surface area contributed by atoms with Crippen LogP contribution in [-0.2, 0) is 11.3 Å². The van der Waals surface area contributed by atoms with Crippen LogP contribution >= 0.6 is 0 Å². The van der Waals surface area contributed by atoms with Crippen molar-refractivity contribution in [2.24, 2.45) is 0 Å². The van der Waals surface area contributed by atoms with Crippen molar-refractivity contribution in [2.75, 3.05) is 5.32 Å². The maximum Gasteiger partial charge on any atom is 0.262 e. The fourth-order valence-electron chi connectivity index (χ4n) is 2.12. The fraction of sp³-hybridized carbons (Fsp3) is 0.235. The van der Waals surface area contributed by atoms with Crippen molar-refractivity contribution in [3.8, 4) is 0 Å². The van der Waals surface area contributed by atoms with Gasteiger partial charge in [-0.05, 0) is 45.0 Å². The number of nitrogens with one attached hydrogen (secondary N) is 1. The van der Waals surface area contributed by atoms with Gasteiger partial charge in [0.2, 0.25) is 5.91 Å². The third-order valence-electron chi connectivity index (χ3n) is 3.41. The number of anilines is 1. The second-order valence-electron chi connectivity index (χ2n) is 5.25. The third kappa shape index (κ3) is 3.49. The summed E-state index contributed by atoms with van der Waals surface area (Å²) in [5, 5.41) is 2.74. The first-order valence-corrected chi connectivity index (χ1v) is 6.96. The van der Waals surface area contributed by atoms with Crippen molar-refractivity contribution in [3.05, 3.63) is 63.6 Å². The molecule has 0 aliphatic carbocycles. The lowest BCUT2D eigenvalue weighted by atomic mass is 10.2. The van der Waals surface area contributed by atoms with Gasteiger partial charge in [0, 0.05) is 11.4 Å². The Morgan fingerprint density at radius 2 is 1.68 bits per heavy atom. The normalized spacial score (nSPS) is 10.3. The number of carbonyl (C=O) groups is 2. The van der Waals surface area contributed by atoms with Gasteiger partial charge < -0.3 is 9.88 Å². The number of aromatic nitrogens is 1. The van der Waals surface area contributed by atoms with E-state index >= 15 is 0 Å². The highest BCUT2D eigenvalue weighted by molar-refractivity contribution is 5.94. The van der Waals surface area contributed by atoms with Crippen molar-refractivity contribution in [1.29, 1.82) is 0 Å². The molecule has 1 amide bonds. The molecular weight excluding hydrogens is 280 g/mol. The van der Waals surface area contributed by atoms with Gasteiger partial charge in [0.05, 0.1) is 5.56 Å². The summed E-state index contributed by atoms with van der Waals surface area (Å²) in [4.78, 5) is 35.7. The highest BCUT2D eigenvalue weighted by Crippen LogP contribution is 2.09. The summed E-state index contributed by atoms with van der Waals surface area (Å²) in [5.74, 6) is -0.618. The van der Waals surface area contributed by atoms with E-state index < -0.39 is 5.56 Å². The Balaban J connectivity index is 2.21. The number of benzene rings is 1. The highest BCUT2D eigenvalue weighted by atomic mass is 16.2. The van der Waals surface area contributed by atoms with Gasteiger partial charge in [0.1, 0.15) is 6.54 Å². The molecule has 2 rings (SSSR count). The molecule has 0 unspecified atom stereocenters. The molecule has 1 heterocycles. The first kappa shape index (κ1) is 15.7. The largest absolute Gasteiger partial charge is 0.325 e. The monoisotopic (exact) mass is 298 g/mol. The maximum atomic E-state index is 12.2. The molecule has 0 fully saturated rings. The summed E-state index contributed by atoms with van der Waals surface area (Å²) in [5.41, 5.74) is 2.05. The number of rotatable bonds is 4. The average molecular weight is 298 g/mol. The topological polar surface area (TPSA) is 68.2 Å².